The van der Waals surface area contributed by atoms with Gasteiger partial charge in [0.05, 0.1) is 50.9 Å². The van der Waals surface area contributed by atoms with E-state index in [1.165, 1.54) is 4.90 Å². The fraction of sp³-hybridized carbons (Fsp3) is 0.192. The number of nitrogens with zero attached hydrogens (tertiary/aromatic N) is 3. The molecule has 0 saturated carbocycles. The summed E-state index contributed by atoms with van der Waals surface area (Å²) in [6.45, 7) is 2.57. The number of aryl methyl sites for hydroxylation is 1. The van der Waals surface area contributed by atoms with Gasteiger partial charge in [-0.05, 0) is 48.4 Å². The lowest BCUT2D eigenvalue weighted by atomic mass is 10.1. The molecule has 7 heteroatoms. The highest BCUT2D eigenvalue weighted by Crippen LogP contribution is 2.36. The number of nitriles is 1. The van der Waals surface area contributed by atoms with Gasteiger partial charge in [-0.1, -0.05) is 36.4 Å². The Hall–Kier alpha value is -3.76. The van der Waals surface area contributed by atoms with Crippen LogP contribution in [0.25, 0.3) is 0 Å². The van der Waals surface area contributed by atoms with E-state index in [4.69, 9.17) is 5.26 Å². The second-order valence-electron chi connectivity index (χ2n) is 7.90. The van der Waals surface area contributed by atoms with E-state index in [2.05, 4.69) is 0 Å². The average molecular weight is 458 g/mol. The predicted octanol–water partition coefficient (Wildman–Crippen LogP) is 4.31. The van der Waals surface area contributed by atoms with Crippen LogP contribution in [0.5, 0.6) is 0 Å². The maximum Gasteiger partial charge on any atom is 0.259 e. The number of hydrogen-bond donors (Lipinski definition) is 0. The van der Waals surface area contributed by atoms with Gasteiger partial charge >= 0.3 is 0 Å². The van der Waals surface area contributed by atoms with Gasteiger partial charge < -0.3 is 9.80 Å². The summed E-state index contributed by atoms with van der Waals surface area (Å²) in [6, 6.07) is 21.7. The molecule has 1 atom stereocenters. The summed E-state index contributed by atoms with van der Waals surface area (Å²) in [5.74, 6) is -0.521. The number of anilines is 1. The molecule has 3 aromatic carbocycles. The van der Waals surface area contributed by atoms with Gasteiger partial charge in [-0.15, -0.1) is 0 Å². The van der Waals surface area contributed by atoms with Crippen LogP contribution >= 0.6 is 0 Å². The molecule has 0 aromatic heterocycles. The Labute approximate surface area is 195 Å². The number of rotatable bonds is 5. The third kappa shape index (κ3) is 4.30. The summed E-state index contributed by atoms with van der Waals surface area (Å²) in [4.78, 5) is 30.7. The highest BCUT2D eigenvalue weighted by Gasteiger charge is 2.32. The van der Waals surface area contributed by atoms with Gasteiger partial charge in [0, 0.05) is 19.2 Å². The molecule has 0 saturated heterocycles. The van der Waals surface area contributed by atoms with Crippen LogP contribution in [0.15, 0.2) is 76.5 Å². The first-order chi connectivity index (χ1) is 15.9. The second kappa shape index (κ2) is 9.39. The molecule has 0 bridgehead atoms. The van der Waals surface area contributed by atoms with E-state index >= 15 is 0 Å². The zero-order valence-electron chi connectivity index (χ0n) is 18.4. The summed E-state index contributed by atoms with van der Waals surface area (Å²) in [6.07, 6.45) is 0.227. The van der Waals surface area contributed by atoms with Crippen molar-refractivity contribution in [2.24, 2.45) is 0 Å². The van der Waals surface area contributed by atoms with Gasteiger partial charge in [0.25, 0.3) is 11.8 Å². The minimum atomic E-state index is -1.58. The van der Waals surface area contributed by atoms with E-state index < -0.39 is 10.8 Å². The highest BCUT2D eigenvalue weighted by molar-refractivity contribution is 7.85. The van der Waals surface area contributed by atoms with Gasteiger partial charge in [-0.25, -0.2) is 4.21 Å². The fourth-order valence-corrected chi connectivity index (χ4v) is 5.20. The molecule has 0 aliphatic carbocycles. The van der Waals surface area contributed by atoms with Crippen LogP contribution in [0.2, 0.25) is 0 Å². The average Bonchev–Trinajstić information content (AvgIpc) is 2.92. The zero-order valence-corrected chi connectivity index (χ0v) is 19.3. The summed E-state index contributed by atoms with van der Waals surface area (Å²) in [5, 5.41) is 8.83. The van der Waals surface area contributed by atoms with Crippen LogP contribution in [0.3, 0.4) is 0 Å². The van der Waals surface area contributed by atoms with Crippen LogP contribution in [0.1, 0.15) is 38.3 Å². The monoisotopic (exact) mass is 457 g/mol. The van der Waals surface area contributed by atoms with Crippen molar-refractivity contribution in [2.45, 2.75) is 29.7 Å². The lowest BCUT2D eigenvalue weighted by Crippen LogP contribution is -2.31. The van der Waals surface area contributed by atoms with Crippen LogP contribution in [-0.2, 0) is 17.3 Å². The Morgan fingerprint density at radius 1 is 1.06 bits per heavy atom. The molecule has 0 N–H and O–H groups in total. The Bertz CT molecular complexity index is 1310. The number of fused-ring (bicyclic) bond motifs is 2. The largest absolute Gasteiger partial charge is 0.341 e. The Balaban J connectivity index is 1.85. The maximum absolute atomic E-state index is 13.7. The first kappa shape index (κ1) is 22.4. The molecule has 1 aliphatic heterocycles. The lowest BCUT2D eigenvalue weighted by molar-refractivity contribution is 0.0797. The Morgan fingerprint density at radius 2 is 1.79 bits per heavy atom. The molecule has 6 nitrogen and oxygen atoms in total. The van der Waals surface area contributed by atoms with Gasteiger partial charge in [-0.2, -0.15) is 5.26 Å². The van der Waals surface area contributed by atoms with E-state index in [1.54, 1.807) is 54.4 Å². The van der Waals surface area contributed by atoms with E-state index in [0.29, 0.717) is 33.2 Å². The molecular formula is C26H23N3O3S. The summed E-state index contributed by atoms with van der Waals surface area (Å²) >= 11 is 0. The maximum atomic E-state index is 13.7. The third-order valence-electron chi connectivity index (χ3n) is 5.75. The number of hydrogen-bond acceptors (Lipinski definition) is 4. The number of amides is 2. The molecular weight excluding hydrogens is 434 g/mol. The van der Waals surface area contributed by atoms with Gasteiger partial charge in [0.15, 0.2) is 0 Å². The molecule has 0 radical (unpaired) electrons. The molecule has 33 heavy (non-hydrogen) atoms. The van der Waals surface area contributed by atoms with Crippen molar-refractivity contribution < 1.29 is 13.8 Å². The lowest BCUT2D eigenvalue weighted by Gasteiger charge is -2.25. The second-order valence-corrected chi connectivity index (χ2v) is 9.32. The topological polar surface area (TPSA) is 81.5 Å². The highest BCUT2D eigenvalue weighted by atomic mass is 32.2. The number of benzene rings is 3. The van der Waals surface area contributed by atoms with Gasteiger partial charge in [0.1, 0.15) is 0 Å². The molecule has 2 amide bonds. The molecule has 4 rings (SSSR count). The first-order valence-electron chi connectivity index (χ1n) is 10.6. The SMILES string of the molecule is Cc1ccccc1CN1C(=O)c2ccccc2S(=O)c2ccc(C(=O)N(C)CCC#N)cc21. The van der Waals surface area contributed by atoms with Crippen molar-refractivity contribution in [3.8, 4) is 6.07 Å². The summed E-state index contributed by atoms with van der Waals surface area (Å²) < 4.78 is 13.5. The summed E-state index contributed by atoms with van der Waals surface area (Å²) in [5.41, 5.74) is 3.22. The van der Waals surface area contributed by atoms with Crippen molar-refractivity contribution >= 4 is 28.3 Å². The van der Waals surface area contributed by atoms with Crippen molar-refractivity contribution in [1.82, 2.24) is 4.90 Å². The van der Waals surface area contributed by atoms with E-state index in [0.717, 1.165) is 11.1 Å². The molecule has 0 fully saturated rings. The zero-order chi connectivity index (χ0) is 23.5. The summed E-state index contributed by atoms with van der Waals surface area (Å²) in [7, 11) is 0.0549. The molecule has 166 valence electrons. The molecule has 0 spiro atoms. The van der Waals surface area contributed by atoms with Crippen LogP contribution in [0, 0.1) is 18.3 Å². The van der Waals surface area contributed by atoms with Gasteiger partial charge in [-0.3, -0.25) is 9.59 Å². The fourth-order valence-electron chi connectivity index (χ4n) is 3.85. The molecule has 1 aliphatic rings. The van der Waals surface area contributed by atoms with Crippen LogP contribution < -0.4 is 4.90 Å². The minimum absolute atomic E-state index is 0.227. The Morgan fingerprint density at radius 3 is 2.55 bits per heavy atom. The molecule has 1 heterocycles. The molecule has 3 aromatic rings. The van der Waals surface area contributed by atoms with E-state index in [-0.39, 0.29) is 24.8 Å². The molecule has 1 unspecified atom stereocenters. The van der Waals surface area contributed by atoms with Crippen molar-refractivity contribution in [1.29, 1.82) is 5.26 Å². The van der Waals surface area contributed by atoms with E-state index in [9.17, 15) is 13.8 Å². The predicted molar refractivity (Wildman–Crippen MR) is 126 cm³/mol. The van der Waals surface area contributed by atoms with Crippen molar-refractivity contribution in [2.75, 3.05) is 18.5 Å². The van der Waals surface area contributed by atoms with Crippen molar-refractivity contribution in [3.63, 3.8) is 0 Å². The van der Waals surface area contributed by atoms with Crippen LogP contribution in [0.4, 0.5) is 5.69 Å². The normalized spacial score (nSPS) is 14.6. The number of carbonyl (C=O) groups is 2. The smallest absolute Gasteiger partial charge is 0.259 e. The number of carbonyl (C=O) groups excluding carboxylic acids is 2. The van der Waals surface area contributed by atoms with Crippen molar-refractivity contribution in [3.05, 3.63) is 89.0 Å². The Kier molecular flexibility index (Phi) is 6.38. The van der Waals surface area contributed by atoms with E-state index in [1.807, 2.05) is 37.3 Å². The van der Waals surface area contributed by atoms with Gasteiger partial charge in [0.2, 0.25) is 0 Å². The quantitative estimate of drug-likeness (QED) is 0.572. The first-order valence-corrected chi connectivity index (χ1v) is 11.7. The third-order valence-corrected chi connectivity index (χ3v) is 7.25. The standard InChI is InChI=1S/C26H23N3O3S/c1-18-8-3-4-9-20(18)17-29-22-16-19(25(30)28(2)15-7-14-27)12-13-24(22)33(32)23-11-6-5-10-21(23)26(29)31/h3-6,8-13,16H,7,15,17H2,1-2H3. The minimum Gasteiger partial charge on any atom is -0.341 e. The van der Waals surface area contributed by atoms with Crippen LogP contribution in [-0.4, -0.2) is 34.5 Å².